The Labute approximate surface area is 244 Å². The molecule has 4 nitrogen and oxygen atoms in total. The second kappa shape index (κ2) is 10.3. The molecular formula is C38H28N2O2. The number of ether oxygens (including phenoxy) is 2. The van der Waals surface area contributed by atoms with E-state index in [2.05, 4.69) is 131 Å². The minimum absolute atomic E-state index is 0.651. The zero-order valence-corrected chi connectivity index (χ0v) is 23.1. The van der Waals surface area contributed by atoms with Gasteiger partial charge in [-0.2, -0.15) is 0 Å². The minimum Gasteiger partial charge on any atom is -0.476 e. The number of hydrogen-bond acceptors (Lipinski definition) is 4. The Hall–Kier alpha value is -5.22. The van der Waals surface area contributed by atoms with Crippen LogP contribution < -0.4 is 0 Å². The van der Waals surface area contributed by atoms with Crippen LogP contribution in [-0.2, 0) is 9.47 Å². The molecule has 202 valence electrons. The van der Waals surface area contributed by atoms with E-state index in [0.717, 1.165) is 36.0 Å². The van der Waals surface area contributed by atoms with Crippen molar-refractivity contribution < 1.29 is 9.47 Å². The third-order valence-electron chi connectivity index (χ3n) is 8.14. The highest BCUT2D eigenvalue weighted by Gasteiger charge is 2.19. The maximum atomic E-state index is 5.73. The van der Waals surface area contributed by atoms with E-state index >= 15 is 0 Å². The van der Waals surface area contributed by atoms with Crippen LogP contribution >= 0.6 is 0 Å². The molecule has 0 aliphatic carbocycles. The van der Waals surface area contributed by atoms with Crippen molar-refractivity contribution >= 4 is 33.3 Å². The molecule has 0 saturated carbocycles. The highest BCUT2D eigenvalue weighted by Crippen LogP contribution is 2.45. The molecule has 0 unspecified atom stereocenters. The number of benzene rings is 6. The van der Waals surface area contributed by atoms with Gasteiger partial charge in [-0.15, -0.1) is 0 Å². The van der Waals surface area contributed by atoms with Crippen LogP contribution in [0.3, 0.4) is 0 Å². The third kappa shape index (κ3) is 4.24. The normalized spacial score (nSPS) is 14.5. The lowest BCUT2D eigenvalue weighted by Crippen LogP contribution is -2.01. The zero-order valence-electron chi connectivity index (χ0n) is 23.1. The largest absolute Gasteiger partial charge is 0.476 e. The summed E-state index contributed by atoms with van der Waals surface area (Å²) < 4.78 is 11.5. The van der Waals surface area contributed by atoms with Gasteiger partial charge in [-0.3, -0.25) is 0 Å². The second-order valence-corrected chi connectivity index (χ2v) is 10.6. The summed E-state index contributed by atoms with van der Waals surface area (Å²) >= 11 is 0. The van der Waals surface area contributed by atoms with Gasteiger partial charge in [-0.1, -0.05) is 91.0 Å². The number of nitrogens with zero attached hydrogens (tertiary/aromatic N) is 2. The summed E-state index contributed by atoms with van der Waals surface area (Å²) in [5.74, 6) is 1.46. The highest BCUT2D eigenvalue weighted by molar-refractivity contribution is 6.22. The van der Waals surface area contributed by atoms with Gasteiger partial charge in [-0.05, 0) is 85.3 Å². The van der Waals surface area contributed by atoms with Crippen LogP contribution in [0.4, 0.5) is 0 Å². The average Bonchev–Trinajstić information content (AvgIpc) is 3.80. The van der Waals surface area contributed by atoms with Gasteiger partial charge < -0.3 is 9.47 Å². The summed E-state index contributed by atoms with van der Waals surface area (Å²) in [4.78, 5) is 9.01. The molecule has 0 spiro atoms. The fourth-order valence-corrected chi connectivity index (χ4v) is 6.19. The first-order valence-corrected chi connectivity index (χ1v) is 14.4. The summed E-state index contributed by atoms with van der Waals surface area (Å²) in [5.41, 5.74) is 9.23. The molecule has 0 N–H and O–H groups in total. The molecule has 0 atom stereocenters. The lowest BCUT2D eigenvalue weighted by atomic mass is 9.84. The van der Waals surface area contributed by atoms with Crippen LogP contribution in [-0.4, -0.2) is 38.1 Å². The molecular weight excluding hydrogens is 516 g/mol. The van der Waals surface area contributed by atoms with Crippen LogP contribution in [0, 0.1) is 0 Å². The van der Waals surface area contributed by atoms with Crippen molar-refractivity contribution in [2.45, 2.75) is 0 Å². The molecule has 42 heavy (non-hydrogen) atoms. The van der Waals surface area contributed by atoms with Gasteiger partial charge in [0, 0.05) is 11.1 Å². The molecule has 0 radical (unpaired) electrons. The molecule has 0 aromatic heterocycles. The smallest absolute Gasteiger partial charge is 0.216 e. The molecule has 0 fully saturated rings. The van der Waals surface area contributed by atoms with Crippen LogP contribution in [0.25, 0.3) is 54.9 Å². The lowest BCUT2D eigenvalue weighted by molar-refractivity contribution is 0.348. The van der Waals surface area contributed by atoms with Gasteiger partial charge in [-0.25, -0.2) is 9.98 Å². The number of rotatable bonds is 5. The molecule has 2 aliphatic rings. The molecule has 2 heterocycles. The van der Waals surface area contributed by atoms with E-state index < -0.39 is 0 Å². The van der Waals surface area contributed by atoms with Crippen molar-refractivity contribution in [1.82, 2.24) is 0 Å². The van der Waals surface area contributed by atoms with E-state index in [9.17, 15) is 0 Å². The van der Waals surface area contributed by atoms with E-state index in [4.69, 9.17) is 9.47 Å². The van der Waals surface area contributed by atoms with Gasteiger partial charge in [0.25, 0.3) is 0 Å². The summed E-state index contributed by atoms with van der Waals surface area (Å²) in [6, 6.07) is 43.5. The van der Waals surface area contributed by atoms with Crippen molar-refractivity contribution in [2.75, 3.05) is 26.3 Å². The first kappa shape index (κ1) is 24.6. The van der Waals surface area contributed by atoms with E-state index in [1.165, 1.54) is 54.9 Å². The molecule has 4 heteroatoms. The molecule has 6 aromatic carbocycles. The minimum atomic E-state index is 0.651. The fraction of sp³-hybridized carbons (Fsp3) is 0.105. The Morgan fingerprint density at radius 3 is 1.36 bits per heavy atom. The average molecular weight is 545 g/mol. The van der Waals surface area contributed by atoms with Gasteiger partial charge in [0.2, 0.25) is 11.8 Å². The Balaban J connectivity index is 1.38. The molecule has 0 saturated heterocycles. The van der Waals surface area contributed by atoms with E-state index in [1.807, 2.05) is 0 Å². The first-order valence-electron chi connectivity index (χ1n) is 14.4. The molecule has 8 rings (SSSR count). The molecule has 0 bridgehead atoms. The number of hydrogen-bond donors (Lipinski definition) is 0. The number of fused-ring (bicyclic) bond motifs is 2. The van der Waals surface area contributed by atoms with E-state index in [1.54, 1.807) is 0 Å². The van der Waals surface area contributed by atoms with Crippen molar-refractivity contribution in [3.05, 3.63) is 132 Å². The highest BCUT2D eigenvalue weighted by atomic mass is 16.5. The monoisotopic (exact) mass is 544 g/mol. The Kier molecular flexibility index (Phi) is 6.03. The summed E-state index contributed by atoms with van der Waals surface area (Å²) in [6.07, 6.45) is 0. The maximum absolute atomic E-state index is 5.73. The fourth-order valence-electron chi connectivity index (χ4n) is 6.19. The predicted octanol–water partition coefficient (Wildman–Crippen LogP) is 8.55. The zero-order chi connectivity index (χ0) is 27.9. The van der Waals surface area contributed by atoms with Crippen LogP contribution in [0.1, 0.15) is 11.1 Å². The van der Waals surface area contributed by atoms with Gasteiger partial charge in [0.1, 0.15) is 13.2 Å². The van der Waals surface area contributed by atoms with Crippen LogP contribution in [0.2, 0.25) is 0 Å². The maximum Gasteiger partial charge on any atom is 0.216 e. The first-order chi connectivity index (χ1) is 20.8. The van der Waals surface area contributed by atoms with E-state index in [-0.39, 0.29) is 0 Å². The molecule has 0 amide bonds. The molecule has 6 aromatic rings. The quantitative estimate of drug-likeness (QED) is 0.204. The van der Waals surface area contributed by atoms with Crippen molar-refractivity contribution in [1.29, 1.82) is 0 Å². The summed E-state index contributed by atoms with van der Waals surface area (Å²) in [6.45, 7) is 2.75. The predicted molar refractivity (Wildman–Crippen MR) is 172 cm³/mol. The third-order valence-corrected chi connectivity index (χ3v) is 8.14. The van der Waals surface area contributed by atoms with Gasteiger partial charge in [0.15, 0.2) is 0 Å². The Morgan fingerprint density at radius 2 is 0.833 bits per heavy atom. The Morgan fingerprint density at radius 1 is 0.381 bits per heavy atom. The Bertz CT molecular complexity index is 2010. The van der Waals surface area contributed by atoms with Gasteiger partial charge >= 0.3 is 0 Å². The second-order valence-electron chi connectivity index (χ2n) is 10.6. The SMILES string of the molecule is c1ccc(-c2ccc3c(-c4ccc(C5=NCCO5)cc4)c4ccccc4c(-c4ccc(C5=NCCO5)cc4)c3c2)cc1. The topological polar surface area (TPSA) is 43.2 Å². The summed E-state index contributed by atoms with van der Waals surface area (Å²) in [5, 5.41) is 4.89. The molecule has 2 aliphatic heterocycles. The number of aliphatic imine (C=N–C) groups is 2. The lowest BCUT2D eigenvalue weighted by Gasteiger charge is -2.19. The van der Waals surface area contributed by atoms with Crippen LogP contribution in [0.5, 0.6) is 0 Å². The van der Waals surface area contributed by atoms with Crippen molar-refractivity contribution in [2.24, 2.45) is 9.98 Å². The van der Waals surface area contributed by atoms with Crippen molar-refractivity contribution in [3.8, 4) is 33.4 Å². The van der Waals surface area contributed by atoms with Gasteiger partial charge in [0.05, 0.1) is 13.1 Å². The van der Waals surface area contributed by atoms with E-state index in [0.29, 0.717) is 13.2 Å². The summed E-state index contributed by atoms with van der Waals surface area (Å²) in [7, 11) is 0. The van der Waals surface area contributed by atoms with Crippen LogP contribution in [0.15, 0.2) is 131 Å². The van der Waals surface area contributed by atoms with Crippen molar-refractivity contribution in [3.63, 3.8) is 0 Å². The standard InChI is InChI=1S/C38H28N2O2/c1-2-6-25(7-3-1)30-18-19-33-34(24-30)36(27-12-16-29(17-13-27)38-40-21-23-42-38)32-9-5-4-8-31(32)35(33)26-10-14-28(15-11-26)37-39-20-22-41-37/h1-19,24H,20-23H2.